The van der Waals surface area contributed by atoms with Gasteiger partial charge in [0.25, 0.3) is 0 Å². The van der Waals surface area contributed by atoms with E-state index in [1.165, 1.54) is 32.1 Å². The summed E-state index contributed by atoms with van der Waals surface area (Å²) in [6, 6.07) is 5.78. The van der Waals surface area contributed by atoms with Gasteiger partial charge in [-0.25, -0.2) is 4.68 Å². The van der Waals surface area contributed by atoms with Crippen LogP contribution in [0.15, 0.2) is 22.7 Å². The van der Waals surface area contributed by atoms with E-state index < -0.39 is 0 Å². The zero-order valence-corrected chi connectivity index (χ0v) is 12.9. The molecule has 1 heterocycles. The maximum absolute atomic E-state index is 5.94. The molecule has 0 amide bonds. The summed E-state index contributed by atoms with van der Waals surface area (Å²) in [5, 5.41) is 12.2. The SMILES string of the molecule is Nc1cccc(-c2nnnn2CC2CCCCC2)c1Br. The van der Waals surface area contributed by atoms with Gasteiger partial charge in [0, 0.05) is 17.8 Å². The lowest BCUT2D eigenvalue weighted by Crippen LogP contribution is -2.16. The minimum atomic E-state index is 0.686. The third-order valence-electron chi connectivity index (χ3n) is 3.96. The van der Waals surface area contributed by atoms with Gasteiger partial charge in [-0.3, -0.25) is 0 Å². The van der Waals surface area contributed by atoms with Gasteiger partial charge < -0.3 is 5.73 Å². The molecule has 6 heteroatoms. The van der Waals surface area contributed by atoms with Gasteiger partial charge in [0.05, 0.1) is 4.47 Å². The van der Waals surface area contributed by atoms with E-state index in [4.69, 9.17) is 5.73 Å². The van der Waals surface area contributed by atoms with Crippen molar-refractivity contribution in [3.63, 3.8) is 0 Å². The number of aromatic nitrogens is 4. The molecule has 5 nitrogen and oxygen atoms in total. The summed E-state index contributed by atoms with van der Waals surface area (Å²) in [5.74, 6) is 1.47. The highest BCUT2D eigenvalue weighted by molar-refractivity contribution is 9.10. The molecule has 20 heavy (non-hydrogen) atoms. The Kier molecular flexibility index (Phi) is 4.00. The van der Waals surface area contributed by atoms with Crippen molar-refractivity contribution in [1.29, 1.82) is 0 Å². The highest BCUT2D eigenvalue weighted by Crippen LogP contribution is 2.32. The predicted molar refractivity (Wildman–Crippen MR) is 81.9 cm³/mol. The molecule has 0 aliphatic heterocycles. The summed E-state index contributed by atoms with van der Waals surface area (Å²) in [5.41, 5.74) is 7.59. The number of anilines is 1. The van der Waals surface area contributed by atoms with Gasteiger partial charge in [0.15, 0.2) is 5.82 Å². The van der Waals surface area contributed by atoms with E-state index in [0.717, 1.165) is 22.4 Å². The van der Waals surface area contributed by atoms with Crippen molar-refractivity contribution in [2.45, 2.75) is 38.6 Å². The normalized spacial score (nSPS) is 16.4. The molecule has 0 bridgehead atoms. The Morgan fingerprint density at radius 2 is 2.05 bits per heavy atom. The highest BCUT2D eigenvalue weighted by atomic mass is 79.9. The van der Waals surface area contributed by atoms with Crippen molar-refractivity contribution >= 4 is 21.6 Å². The molecule has 106 valence electrons. The van der Waals surface area contributed by atoms with E-state index in [-0.39, 0.29) is 0 Å². The zero-order valence-electron chi connectivity index (χ0n) is 11.3. The fraction of sp³-hybridized carbons (Fsp3) is 0.500. The second-order valence-corrected chi connectivity index (χ2v) is 6.19. The van der Waals surface area contributed by atoms with Gasteiger partial charge in [-0.2, -0.15) is 0 Å². The first-order chi connectivity index (χ1) is 9.75. The van der Waals surface area contributed by atoms with Crippen LogP contribution in [-0.4, -0.2) is 20.2 Å². The van der Waals surface area contributed by atoms with Crippen LogP contribution in [0.5, 0.6) is 0 Å². The lowest BCUT2D eigenvalue weighted by Gasteiger charge is -2.21. The maximum atomic E-state index is 5.94. The molecule has 0 radical (unpaired) electrons. The Morgan fingerprint density at radius 1 is 1.25 bits per heavy atom. The topological polar surface area (TPSA) is 69.6 Å². The minimum absolute atomic E-state index is 0.686. The first-order valence-electron chi connectivity index (χ1n) is 7.06. The van der Waals surface area contributed by atoms with E-state index in [0.29, 0.717) is 11.6 Å². The molecular formula is C14H18BrN5. The van der Waals surface area contributed by atoms with Crippen molar-refractivity contribution in [2.24, 2.45) is 5.92 Å². The van der Waals surface area contributed by atoms with E-state index in [2.05, 4.69) is 31.5 Å². The largest absolute Gasteiger partial charge is 0.398 e. The Labute approximate surface area is 126 Å². The standard InChI is InChI=1S/C14H18BrN5/c15-13-11(7-4-8-12(13)16)14-17-18-19-20(14)9-10-5-2-1-3-6-10/h4,7-8,10H,1-3,5-6,9,16H2. The van der Waals surface area contributed by atoms with E-state index in [1.54, 1.807) is 0 Å². The minimum Gasteiger partial charge on any atom is -0.398 e. The van der Waals surface area contributed by atoms with Crippen molar-refractivity contribution in [1.82, 2.24) is 20.2 Å². The van der Waals surface area contributed by atoms with Crippen LogP contribution in [0.1, 0.15) is 32.1 Å². The van der Waals surface area contributed by atoms with Gasteiger partial charge in [0.1, 0.15) is 0 Å². The van der Waals surface area contributed by atoms with Crippen molar-refractivity contribution in [3.05, 3.63) is 22.7 Å². The van der Waals surface area contributed by atoms with Crippen molar-refractivity contribution < 1.29 is 0 Å². The molecule has 3 rings (SSSR count). The van der Waals surface area contributed by atoms with Crippen LogP contribution >= 0.6 is 15.9 Å². The molecule has 1 fully saturated rings. The molecular weight excluding hydrogens is 318 g/mol. The highest BCUT2D eigenvalue weighted by Gasteiger charge is 2.19. The zero-order chi connectivity index (χ0) is 13.9. The molecule has 0 saturated heterocycles. The summed E-state index contributed by atoms with van der Waals surface area (Å²) in [6.45, 7) is 0.892. The lowest BCUT2D eigenvalue weighted by atomic mass is 9.89. The van der Waals surface area contributed by atoms with Gasteiger partial charge in [0.2, 0.25) is 0 Å². The summed E-state index contributed by atoms with van der Waals surface area (Å²) < 4.78 is 2.77. The summed E-state index contributed by atoms with van der Waals surface area (Å²) >= 11 is 3.53. The third kappa shape index (κ3) is 2.70. The number of tetrazole rings is 1. The molecule has 2 N–H and O–H groups in total. The number of rotatable bonds is 3. The van der Waals surface area contributed by atoms with Gasteiger partial charge in [-0.1, -0.05) is 25.3 Å². The number of nitrogens with two attached hydrogens (primary N) is 1. The number of hydrogen-bond acceptors (Lipinski definition) is 4. The quantitative estimate of drug-likeness (QED) is 0.874. The number of hydrogen-bond donors (Lipinski definition) is 1. The molecule has 0 spiro atoms. The first-order valence-corrected chi connectivity index (χ1v) is 7.85. The smallest absolute Gasteiger partial charge is 0.183 e. The van der Waals surface area contributed by atoms with E-state index in [1.807, 2.05) is 22.9 Å². The van der Waals surface area contributed by atoms with Crippen LogP contribution in [0.25, 0.3) is 11.4 Å². The predicted octanol–water partition coefficient (Wildman–Crippen LogP) is 3.27. The van der Waals surface area contributed by atoms with Crippen LogP contribution in [0.3, 0.4) is 0 Å². The molecule has 2 aromatic rings. The molecule has 1 aliphatic carbocycles. The van der Waals surface area contributed by atoms with Crippen LogP contribution < -0.4 is 5.73 Å². The number of nitrogens with zero attached hydrogens (tertiary/aromatic N) is 4. The van der Waals surface area contributed by atoms with Gasteiger partial charge in [-0.05, 0) is 57.2 Å². The molecule has 1 aromatic heterocycles. The van der Waals surface area contributed by atoms with Crippen LogP contribution in [-0.2, 0) is 6.54 Å². The third-order valence-corrected chi connectivity index (χ3v) is 4.84. The summed E-state index contributed by atoms with van der Waals surface area (Å²) in [4.78, 5) is 0. The summed E-state index contributed by atoms with van der Waals surface area (Å²) in [6.07, 6.45) is 6.56. The van der Waals surface area contributed by atoms with Crippen LogP contribution in [0.2, 0.25) is 0 Å². The van der Waals surface area contributed by atoms with Crippen molar-refractivity contribution in [3.8, 4) is 11.4 Å². The second-order valence-electron chi connectivity index (χ2n) is 5.40. The second kappa shape index (κ2) is 5.91. The Balaban J connectivity index is 1.87. The van der Waals surface area contributed by atoms with Gasteiger partial charge >= 0.3 is 0 Å². The fourth-order valence-corrected chi connectivity index (χ4v) is 3.30. The maximum Gasteiger partial charge on any atom is 0.183 e. The molecule has 0 unspecified atom stereocenters. The molecule has 1 aliphatic rings. The molecule has 1 saturated carbocycles. The number of nitrogen functional groups attached to an aromatic ring is 1. The monoisotopic (exact) mass is 335 g/mol. The number of benzene rings is 1. The summed E-state index contributed by atoms with van der Waals surface area (Å²) in [7, 11) is 0. The fourth-order valence-electron chi connectivity index (χ4n) is 2.86. The van der Waals surface area contributed by atoms with Gasteiger partial charge in [-0.15, -0.1) is 5.10 Å². The lowest BCUT2D eigenvalue weighted by molar-refractivity contribution is 0.307. The Hall–Kier alpha value is -1.43. The van der Waals surface area contributed by atoms with E-state index >= 15 is 0 Å². The first kappa shape index (κ1) is 13.5. The molecule has 0 atom stereocenters. The average Bonchev–Trinajstić information content (AvgIpc) is 2.91. The molecule has 1 aromatic carbocycles. The Morgan fingerprint density at radius 3 is 2.85 bits per heavy atom. The number of halogens is 1. The Bertz CT molecular complexity index is 589. The van der Waals surface area contributed by atoms with Crippen molar-refractivity contribution in [2.75, 3.05) is 5.73 Å². The van der Waals surface area contributed by atoms with Crippen LogP contribution in [0.4, 0.5) is 5.69 Å². The van der Waals surface area contributed by atoms with E-state index in [9.17, 15) is 0 Å². The average molecular weight is 336 g/mol. The van der Waals surface area contributed by atoms with Crippen LogP contribution in [0, 0.1) is 5.92 Å².